The van der Waals surface area contributed by atoms with E-state index in [4.69, 9.17) is 0 Å². The van der Waals surface area contributed by atoms with E-state index in [0.717, 1.165) is 38.4 Å². The number of aromatic nitrogens is 3. The Morgan fingerprint density at radius 2 is 1.96 bits per heavy atom. The maximum Gasteiger partial charge on any atom is 0.236 e. The third-order valence-corrected chi connectivity index (χ3v) is 6.60. The van der Waals surface area contributed by atoms with E-state index < -0.39 is 0 Å². The van der Waals surface area contributed by atoms with Crippen molar-refractivity contribution >= 4 is 34.7 Å². The van der Waals surface area contributed by atoms with Gasteiger partial charge in [0.25, 0.3) is 0 Å². The number of rotatable bonds is 6. The molecule has 1 aliphatic rings. The van der Waals surface area contributed by atoms with Crippen molar-refractivity contribution in [2.75, 3.05) is 31.1 Å². The zero-order valence-corrected chi connectivity index (χ0v) is 17.4. The minimum Gasteiger partial charge on any atom is -0.368 e. The van der Waals surface area contributed by atoms with Crippen molar-refractivity contribution in [2.45, 2.75) is 23.8 Å². The van der Waals surface area contributed by atoms with Gasteiger partial charge in [-0.15, -0.1) is 16.4 Å². The zero-order valence-electron chi connectivity index (χ0n) is 15.7. The Morgan fingerprint density at radius 3 is 2.68 bits per heavy atom. The van der Waals surface area contributed by atoms with E-state index >= 15 is 0 Å². The molecule has 1 N–H and O–H groups in total. The summed E-state index contributed by atoms with van der Waals surface area (Å²) in [6.07, 6.45) is 0.745. The number of piperazine rings is 1. The summed E-state index contributed by atoms with van der Waals surface area (Å²) >= 11 is 3.12. The van der Waals surface area contributed by atoms with Crippen LogP contribution in [0.5, 0.6) is 0 Å². The zero-order chi connectivity index (χ0) is 19.3. The quantitative estimate of drug-likeness (QED) is 0.628. The Morgan fingerprint density at radius 1 is 1.18 bits per heavy atom. The number of benzene rings is 1. The molecule has 2 aromatic heterocycles. The Kier molecular flexibility index (Phi) is 5.97. The first-order valence-corrected chi connectivity index (χ1v) is 11.1. The van der Waals surface area contributed by atoms with Gasteiger partial charge in [-0.05, 0) is 30.5 Å². The van der Waals surface area contributed by atoms with Crippen LogP contribution in [-0.4, -0.2) is 57.4 Å². The molecule has 0 bridgehead atoms. The fourth-order valence-electron chi connectivity index (χ4n) is 3.28. The molecule has 1 unspecified atom stereocenters. The molecule has 0 aliphatic carbocycles. The number of aromatic amines is 1. The molecule has 8 heteroatoms. The van der Waals surface area contributed by atoms with Gasteiger partial charge in [0, 0.05) is 43.2 Å². The van der Waals surface area contributed by atoms with Crippen molar-refractivity contribution in [3.63, 3.8) is 0 Å². The first-order chi connectivity index (χ1) is 13.7. The molecule has 3 aromatic rings. The predicted molar refractivity (Wildman–Crippen MR) is 114 cm³/mol. The first kappa shape index (κ1) is 19.0. The summed E-state index contributed by atoms with van der Waals surface area (Å²) in [7, 11) is 0. The average molecular weight is 414 g/mol. The number of thiophene rings is 1. The van der Waals surface area contributed by atoms with Gasteiger partial charge < -0.3 is 9.80 Å². The highest BCUT2D eigenvalue weighted by molar-refractivity contribution is 8.00. The Balaban J connectivity index is 1.29. The number of hydrogen-bond acceptors (Lipinski definition) is 6. The first-order valence-electron chi connectivity index (χ1n) is 9.38. The van der Waals surface area contributed by atoms with Crippen LogP contribution in [0.25, 0.3) is 0 Å². The highest BCUT2D eigenvalue weighted by Crippen LogP contribution is 2.23. The maximum absolute atomic E-state index is 12.8. The lowest BCUT2D eigenvalue weighted by Crippen LogP contribution is -2.50. The molecule has 28 heavy (non-hydrogen) atoms. The number of nitrogens with one attached hydrogen (secondary N) is 1. The molecule has 1 fully saturated rings. The summed E-state index contributed by atoms with van der Waals surface area (Å²) < 4.78 is 0. The molecule has 0 radical (unpaired) electrons. The van der Waals surface area contributed by atoms with Crippen molar-refractivity contribution in [1.82, 2.24) is 20.1 Å². The van der Waals surface area contributed by atoms with E-state index in [1.807, 2.05) is 24.0 Å². The number of amides is 1. The molecule has 146 valence electrons. The van der Waals surface area contributed by atoms with E-state index in [9.17, 15) is 4.79 Å². The lowest BCUT2D eigenvalue weighted by molar-refractivity contribution is -0.130. The summed E-state index contributed by atoms with van der Waals surface area (Å²) in [5, 5.41) is 9.74. The van der Waals surface area contributed by atoms with Gasteiger partial charge in [0.1, 0.15) is 5.82 Å². The predicted octanol–water partition coefficient (Wildman–Crippen LogP) is 3.29. The van der Waals surface area contributed by atoms with Gasteiger partial charge in [-0.1, -0.05) is 36.0 Å². The van der Waals surface area contributed by atoms with Crippen molar-refractivity contribution in [1.29, 1.82) is 0 Å². The summed E-state index contributed by atoms with van der Waals surface area (Å²) in [4.78, 5) is 22.9. The number of nitrogens with zero attached hydrogens (tertiary/aromatic N) is 4. The van der Waals surface area contributed by atoms with Crippen molar-refractivity contribution in [2.24, 2.45) is 0 Å². The number of carbonyl (C=O) groups excluding carboxylic acids is 1. The van der Waals surface area contributed by atoms with Gasteiger partial charge in [0.15, 0.2) is 0 Å². The molecule has 0 saturated carbocycles. The molecular weight excluding hydrogens is 390 g/mol. The number of carbonyl (C=O) groups is 1. The number of H-pyrrole nitrogens is 1. The summed E-state index contributed by atoms with van der Waals surface area (Å²) in [5.74, 6) is 0.989. The number of hydrogen-bond donors (Lipinski definition) is 1. The Bertz CT molecular complexity index is 888. The standard InChI is InChI=1S/C20H23N5OS2/c1-15(28-20-21-18(22-23-20)14-17-8-5-13-27-17)19(26)25-11-9-24(10-12-25)16-6-3-2-4-7-16/h2-8,13,15H,9-12,14H2,1H3,(H,21,22,23). The Hall–Kier alpha value is -2.32. The SMILES string of the molecule is CC(Sc1n[nH]c(Cc2cccs2)n1)C(=O)N1CCN(c2ccccc2)CC1. The van der Waals surface area contributed by atoms with Crippen LogP contribution in [0, 0.1) is 0 Å². The van der Waals surface area contributed by atoms with Crippen LogP contribution in [0.3, 0.4) is 0 Å². The minimum atomic E-state index is -0.200. The third-order valence-electron chi connectivity index (χ3n) is 4.78. The molecule has 0 spiro atoms. The molecule has 3 heterocycles. The fraction of sp³-hybridized carbons (Fsp3) is 0.350. The molecule has 1 aliphatic heterocycles. The van der Waals surface area contributed by atoms with Crippen LogP contribution >= 0.6 is 23.1 Å². The number of thioether (sulfide) groups is 1. The van der Waals surface area contributed by atoms with Crippen LogP contribution in [0.4, 0.5) is 5.69 Å². The second kappa shape index (κ2) is 8.79. The highest BCUT2D eigenvalue weighted by atomic mass is 32.2. The van der Waals surface area contributed by atoms with Gasteiger partial charge in [-0.2, -0.15) is 0 Å². The van der Waals surface area contributed by atoms with Gasteiger partial charge in [-0.25, -0.2) is 4.98 Å². The van der Waals surface area contributed by atoms with E-state index in [2.05, 4.69) is 55.8 Å². The molecule has 1 amide bonds. The summed E-state index contributed by atoms with van der Waals surface area (Å²) in [6, 6.07) is 14.5. The van der Waals surface area contributed by atoms with Crippen molar-refractivity contribution in [3.05, 3.63) is 58.5 Å². The van der Waals surface area contributed by atoms with Gasteiger partial charge >= 0.3 is 0 Å². The summed E-state index contributed by atoms with van der Waals surface area (Å²) in [5.41, 5.74) is 1.22. The molecule has 1 saturated heterocycles. The largest absolute Gasteiger partial charge is 0.368 e. The van der Waals surface area contributed by atoms with Crippen molar-refractivity contribution < 1.29 is 4.79 Å². The normalized spacial score (nSPS) is 15.6. The second-order valence-corrected chi connectivity index (χ2v) is 9.07. The molecule has 1 atom stereocenters. The second-order valence-electron chi connectivity index (χ2n) is 6.73. The van der Waals surface area contributed by atoms with Crippen LogP contribution in [0.1, 0.15) is 17.6 Å². The average Bonchev–Trinajstić information content (AvgIpc) is 3.41. The van der Waals surface area contributed by atoms with E-state index in [-0.39, 0.29) is 11.2 Å². The lowest BCUT2D eigenvalue weighted by atomic mass is 10.2. The van der Waals surface area contributed by atoms with Gasteiger partial charge in [0.2, 0.25) is 11.1 Å². The minimum absolute atomic E-state index is 0.155. The van der Waals surface area contributed by atoms with Gasteiger partial charge in [-0.3, -0.25) is 9.89 Å². The van der Waals surface area contributed by atoms with E-state index in [1.165, 1.54) is 22.3 Å². The molecule has 1 aromatic carbocycles. The van der Waals surface area contributed by atoms with Gasteiger partial charge in [0.05, 0.1) is 5.25 Å². The maximum atomic E-state index is 12.8. The summed E-state index contributed by atoms with van der Waals surface area (Å²) in [6.45, 7) is 5.15. The van der Waals surface area contributed by atoms with E-state index in [1.54, 1.807) is 11.3 Å². The monoisotopic (exact) mass is 413 g/mol. The van der Waals surface area contributed by atoms with Crippen LogP contribution in [0.2, 0.25) is 0 Å². The number of para-hydroxylation sites is 1. The highest BCUT2D eigenvalue weighted by Gasteiger charge is 2.26. The lowest BCUT2D eigenvalue weighted by Gasteiger charge is -2.37. The third kappa shape index (κ3) is 4.56. The van der Waals surface area contributed by atoms with Crippen LogP contribution < -0.4 is 4.90 Å². The Labute approximate surface area is 173 Å². The fourth-order valence-corrected chi connectivity index (χ4v) is 4.81. The molecular formula is C20H23N5OS2. The van der Waals surface area contributed by atoms with Crippen molar-refractivity contribution in [3.8, 4) is 0 Å². The molecule has 6 nitrogen and oxygen atoms in total. The number of anilines is 1. The van der Waals surface area contributed by atoms with Crippen LogP contribution in [0.15, 0.2) is 53.0 Å². The topological polar surface area (TPSA) is 65.1 Å². The smallest absolute Gasteiger partial charge is 0.236 e. The molecule has 4 rings (SSSR count). The van der Waals surface area contributed by atoms with Crippen LogP contribution in [-0.2, 0) is 11.2 Å². The van der Waals surface area contributed by atoms with E-state index in [0.29, 0.717) is 5.16 Å².